The summed E-state index contributed by atoms with van der Waals surface area (Å²) in [4.78, 5) is 8.48. The smallest absolute Gasteiger partial charge is 0.126 e. The second-order valence-corrected chi connectivity index (χ2v) is 4.62. The second-order valence-electron chi connectivity index (χ2n) is 3.02. The molecule has 5 heteroatoms. The molecule has 2 N–H and O–H groups in total. The van der Waals surface area contributed by atoms with Crippen LogP contribution >= 0.6 is 22.9 Å². The molecule has 0 saturated carbocycles. The van der Waals surface area contributed by atoms with Crippen LogP contribution < -0.4 is 5.73 Å². The first-order valence-corrected chi connectivity index (χ1v) is 5.76. The van der Waals surface area contributed by atoms with Crippen LogP contribution in [0.1, 0.15) is 5.69 Å². The van der Waals surface area contributed by atoms with E-state index in [1.54, 1.807) is 12.4 Å². The van der Waals surface area contributed by atoms with Crippen LogP contribution in [-0.2, 0) is 6.42 Å². The van der Waals surface area contributed by atoms with Crippen molar-refractivity contribution in [1.29, 1.82) is 0 Å². The highest BCUT2D eigenvalue weighted by atomic mass is 35.5. The maximum atomic E-state index is 6.05. The molecule has 0 amide bonds. The van der Waals surface area contributed by atoms with Gasteiger partial charge in [0.25, 0.3) is 0 Å². The van der Waals surface area contributed by atoms with Gasteiger partial charge in [0, 0.05) is 24.4 Å². The standard InChI is InChI=1S/C10H10ClN3S/c11-9-8(3-4-12)14-10(15-9)7-2-1-5-13-6-7/h1-2,5-6H,3-4,12H2. The van der Waals surface area contributed by atoms with Gasteiger partial charge >= 0.3 is 0 Å². The number of halogens is 1. The lowest BCUT2D eigenvalue weighted by atomic mass is 10.3. The van der Waals surface area contributed by atoms with Gasteiger partial charge in [0.2, 0.25) is 0 Å². The zero-order chi connectivity index (χ0) is 10.7. The average molecular weight is 240 g/mol. The van der Waals surface area contributed by atoms with E-state index in [-0.39, 0.29) is 0 Å². The van der Waals surface area contributed by atoms with E-state index in [0.29, 0.717) is 6.54 Å². The highest BCUT2D eigenvalue weighted by Crippen LogP contribution is 2.31. The van der Waals surface area contributed by atoms with Crippen LogP contribution in [-0.4, -0.2) is 16.5 Å². The van der Waals surface area contributed by atoms with Crippen LogP contribution in [0.5, 0.6) is 0 Å². The predicted octanol–water partition coefficient (Wildman–Crippen LogP) is 2.36. The zero-order valence-corrected chi connectivity index (χ0v) is 9.55. The molecule has 2 heterocycles. The number of nitrogens with two attached hydrogens (primary N) is 1. The fourth-order valence-corrected chi connectivity index (χ4v) is 2.42. The quantitative estimate of drug-likeness (QED) is 0.895. The molecule has 0 aliphatic heterocycles. The normalized spacial score (nSPS) is 10.5. The van der Waals surface area contributed by atoms with Crippen molar-refractivity contribution < 1.29 is 0 Å². The van der Waals surface area contributed by atoms with E-state index in [9.17, 15) is 0 Å². The molecule has 0 aliphatic rings. The van der Waals surface area contributed by atoms with Crippen molar-refractivity contribution in [2.24, 2.45) is 5.73 Å². The van der Waals surface area contributed by atoms with E-state index >= 15 is 0 Å². The summed E-state index contributed by atoms with van der Waals surface area (Å²) in [5.74, 6) is 0. The van der Waals surface area contributed by atoms with Gasteiger partial charge in [0.05, 0.1) is 5.69 Å². The predicted molar refractivity (Wildman–Crippen MR) is 63.1 cm³/mol. The van der Waals surface area contributed by atoms with Crippen molar-refractivity contribution >= 4 is 22.9 Å². The maximum absolute atomic E-state index is 6.05. The van der Waals surface area contributed by atoms with E-state index < -0.39 is 0 Å². The van der Waals surface area contributed by atoms with Gasteiger partial charge in [-0.2, -0.15) is 0 Å². The molecule has 0 unspecified atom stereocenters. The van der Waals surface area contributed by atoms with Gasteiger partial charge in [0.1, 0.15) is 9.34 Å². The van der Waals surface area contributed by atoms with Crippen LogP contribution in [0.3, 0.4) is 0 Å². The number of nitrogens with zero attached hydrogens (tertiary/aromatic N) is 2. The summed E-state index contributed by atoms with van der Waals surface area (Å²) in [7, 11) is 0. The van der Waals surface area contributed by atoms with Crippen LogP contribution in [0.25, 0.3) is 10.6 Å². The van der Waals surface area contributed by atoms with Crippen LogP contribution in [0.15, 0.2) is 24.5 Å². The molecule has 2 aromatic rings. The molecule has 0 fully saturated rings. The summed E-state index contributed by atoms with van der Waals surface area (Å²) in [6, 6.07) is 3.85. The molecule has 0 saturated heterocycles. The van der Waals surface area contributed by atoms with E-state index in [1.807, 2.05) is 12.1 Å². The van der Waals surface area contributed by atoms with E-state index in [4.69, 9.17) is 17.3 Å². The van der Waals surface area contributed by atoms with Gasteiger partial charge in [0.15, 0.2) is 0 Å². The summed E-state index contributed by atoms with van der Waals surface area (Å²) in [6.07, 6.45) is 4.23. The SMILES string of the molecule is NCCc1nc(-c2cccnc2)sc1Cl. The molecular weight excluding hydrogens is 230 g/mol. The van der Waals surface area contributed by atoms with Crippen LogP contribution in [0, 0.1) is 0 Å². The third kappa shape index (κ3) is 2.34. The van der Waals surface area contributed by atoms with Crippen LogP contribution in [0.4, 0.5) is 0 Å². The Balaban J connectivity index is 2.34. The summed E-state index contributed by atoms with van der Waals surface area (Å²) in [5, 5.41) is 0.900. The molecule has 0 atom stereocenters. The Hall–Kier alpha value is -0.970. The molecule has 0 spiro atoms. The van der Waals surface area contributed by atoms with Crippen molar-refractivity contribution in [3.8, 4) is 10.6 Å². The van der Waals surface area contributed by atoms with Gasteiger partial charge in [-0.3, -0.25) is 4.98 Å². The fourth-order valence-electron chi connectivity index (χ4n) is 1.24. The minimum Gasteiger partial charge on any atom is -0.330 e. The Labute approximate surface area is 96.9 Å². The first-order valence-electron chi connectivity index (χ1n) is 4.57. The Morgan fingerprint density at radius 3 is 3.00 bits per heavy atom. The lowest BCUT2D eigenvalue weighted by Gasteiger charge is -1.93. The molecule has 0 radical (unpaired) electrons. The summed E-state index contributed by atoms with van der Waals surface area (Å²) in [5.41, 5.74) is 7.34. The minimum absolute atomic E-state index is 0.565. The molecule has 0 aliphatic carbocycles. The molecule has 2 aromatic heterocycles. The molecule has 0 bridgehead atoms. The summed E-state index contributed by atoms with van der Waals surface area (Å²) >= 11 is 7.52. The average Bonchev–Trinajstić information content (AvgIpc) is 2.63. The van der Waals surface area contributed by atoms with Crippen molar-refractivity contribution in [2.75, 3.05) is 6.54 Å². The number of pyridine rings is 1. The van der Waals surface area contributed by atoms with Crippen molar-refractivity contribution in [2.45, 2.75) is 6.42 Å². The van der Waals surface area contributed by atoms with Gasteiger partial charge in [-0.1, -0.05) is 11.6 Å². The third-order valence-corrected chi connectivity index (χ3v) is 3.32. The maximum Gasteiger partial charge on any atom is 0.126 e. The number of thiazole rings is 1. The van der Waals surface area contributed by atoms with Crippen molar-refractivity contribution in [1.82, 2.24) is 9.97 Å². The summed E-state index contributed by atoms with van der Waals surface area (Å²) in [6.45, 7) is 0.565. The topological polar surface area (TPSA) is 51.8 Å². The number of hydrogen-bond donors (Lipinski definition) is 1. The molecule has 78 valence electrons. The number of hydrogen-bond acceptors (Lipinski definition) is 4. The first kappa shape index (κ1) is 10.5. The van der Waals surface area contributed by atoms with Gasteiger partial charge in [-0.25, -0.2) is 4.98 Å². The van der Waals surface area contributed by atoms with Gasteiger partial charge in [-0.15, -0.1) is 11.3 Å². The zero-order valence-electron chi connectivity index (χ0n) is 7.98. The summed E-state index contributed by atoms with van der Waals surface area (Å²) < 4.78 is 0.722. The van der Waals surface area contributed by atoms with Gasteiger partial charge in [-0.05, 0) is 18.7 Å². The van der Waals surface area contributed by atoms with E-state index in [0.717, 1.165) is 27.0 Å². The Morgan fingerprint density at radius 1 is 1.47 bits per heavy atom. The first-order chi connectivity index (χ1) is 7.31. The van der Waals surface area contributed by atoms with Gasteiger partial charge < -0.3 is 5.73 Å². The Morgan fingerprint density at radius 2 is 2.33 bits per heavy atom. The van der Waals surface area contributed by atoms with E-state index in [2.05, 4.69) is 9.97 Å². The van der Waals surface area contributed by atoms with Crippen LogP contribution in [0.2, 0.25) is 4.34 Å². The second kappa shape index (κ2) is 4.70. The molecular formula is C10H10ClN3S. The molecule has 2 rings (SSSR count). The Bertz CT molecular complexity index is 441. The highest BCUT2D eigenvalue weighted by Gasteiger charge is 2.09. The molecule has 15 heavy (non-hydrogen) atoms. The number of aromatic nitrogens is 2. The molecule has 0 aromatic carbocycles. The monoisotopic (exact) mass is 239 g/mol. The Kier molecular flexibility index (Phi) is 3.30. The van der Waals surface area contributed by atoms with E-state index in [1.165, 1.54) is 11.3 Å². The number of rotatable bonds is 3. The highest BCUT2D eigenvalue weighted by molar-refractivity contribution is 7.19. The largest absolute Gasteiger partial charge is 0.330 e. The minimum atomic E-state index is 0.565. The molecule has 3 nitrogen and oxygen atoms in total. The van der Waals surface area contributed by atoms with Crippen molar-refractivity contribution in [3.63, 3.8) is 0 Å². The fraction of sp³-hybridized carbons (Fsp3) is 0.200. The van der Waals surface area contributed by atoms with Crippen molar-refractivity contribution in [3.05, 3.63) is 34.6 Å². The lowest BCUT2D eigenvalue weighted by Crippen LogP contribution is -2.03. The lowest BCUT2D eigenvalue weighted by molar-refractivity contribution is 0.936. The third-order valence-electron chi connectivity index (χ3n) is 1.94.